The Morgan fingerprint density at radius 3 is 2.38 bits per heavy atom. The zero-order valence-electron chi connectivity index (χ0n) is 19.4. The molecule has 182 valence electrons. The van der Waals surface area contributed by atoms with Gasteiger partial charge in [0.25, 0.3) is 11.6 Å². The van der Waals surface area contributed by atoms with Crippen LogP contribution in [0.2, 0.25) is 0 Å². The number of amides is 1. The van der Waals surface area contributed by atoms with Gasteiger partial charge < -0.3 is 19.6 Å². The van der Waals surface area contributed by atoms with E-state index in [0.717, 1.165) is 30.2 Å². The number of carbonyl (C=O) groups excluding carboxylic acids is 1. The molecule has 2 aliphatic rings. The zero-order chi connectivity index (χ0) is 24.4. The first-order valence-corrected chi connectivity index (χ1v) is 12.3. The van der Waals surface area contributed by atoms with Crippen molar-refractivity contribution in [3.8, 4) is 0 Å². The Morgan fingerprint density at radius 1 is 1.09 bits per heavy atom. The number of benzene rings is 2. The zero-order valence-corrected chi connectivity index (χ0v) is 21.0. The highest BCUT2D eigenvalue weighted by atomic mass is 79.9. The van der Waals surface area contributed by atoms with E-state index < -0.39 is 10.7 Å². The molecule has 2 aromatic rings. The Labute approximate surface area is 207 Å². The Balaban J connectivity index is 1.57. The number of piperazine rings is 2. The summed E-state index contributed by atoms with van der Waals surface area (Å²) in [6.45, 7) is 9.25. The Bertz CT molecular complexity index is 1080. The van der Waals surface area contributed by atoms with Gasteiger partial charge in [-0.25, -0.2) is 4.39 Å². The number of rotatable bonds is 5. The van der Waals surface area contributed by atoms with Gasteiger partial charge in [-0.1, -0.05) is 19.1 Å². The lowest BCUT2D eigenvalue weighted by Gasteiger charge is -2.41. The largest absolute Gasteiger partial charge is 0.367 e. The van der Waals surface area contributed by atoms with Crippen LogP contribution in [-0.4, -0.2) is 79.0 Å². The van der Waals surface area contributed by atoms with Gasteiger partial charge in [-0.15, -0.1) is 0 Å². The molecule has 0 bridgehead atoms. The van der Waals surface area contributed by atoms with Gasteiger partial charge in [-0.2, -0.15) is 0 Å². The molecule has 2 saturated heterocycles. The molecule has 0 aromatic heterocycles. The number of likely N-dealkylation sites (N-methyl/N-ethyl adjacent to an activating group) is 1. The highest BCUT2D eigenvalue weighted by Crippen LogP contribution is 2.36. The van der Waals surface area contributed by atoms with Gasteiger partial charge in [0.1, 0.15) is 5.69 Å². The van der Waals surface area contributed by atoms with Crippen LogP contribution in [0, 0.1) is 15.9 Å². The molecule has 8 nitrogen and oxygen atoms in total. The summed E-state index contributed by atoms with van der Waals surface area (Å²) in [5.41, 5.74) is 1.14. The van der Waals surface area contributed by atoms with E-state index in [2.05, 4.69) is 27.8 Å². The fourth-order valence-corrected chi connectivity index (χ4v) is 5.21. The summed E-state index contributed by atoms with van der Waals surface area (Å²) in [5.74, 6) is -0.654. The summed E-state index contributed by atoms with van der Waals surface area (Å²) < 4.78 is 15.7. The predicted octanol–water partition coefficient (Wildman–Crippen LogP) is 3.99. The highest BCUT2D eigenvalue weighted by molar-refractivity contribution is 9.10. The molecular weight excluding hydrogens is 505 g/mol. The number of anilines is 2. The van der Waals surface area contributed by atoms with Crippen molar-refractivity contribution >= 4 is 38.9 Å². The van der Waals surface area contributed by atoms with Crippen LogP contribution >= 0.6 is 15.9 Å². The molecule has 2 aliphatic heterocycles. The van der Waals surface area contributed by atoms with E-state index in [1.54, 1.807) is 17.0 Å². The molecule has 34 heavy (non-hydrogen) atoms. The highest BCUT2D eigenvalue weighted by Gasteiger charge is 2.33. The maximum absolute atomic E-state index is 15.0. The second kappa shape index (κ2) is 10.3. The smallest absolute Gasteiger partial charge is 0.295 e. The topological polar surface area (TPSA) is 73.2 Å². The summed E-state index contributed by atoms with van der Waals surface area (Å²) >= 11 is 3.44. The van der Waals surface area contributed by atoms with Crippen LogP contribution in [0.5, 0.6) is 0 Å². The van der Waals surface area contributed by atoms with Crippen molar-refractivity contribution in [2.24, 2.45) is 0 Å². The van der Waals surface area contributed by atoms with Crippen LogP contribution < -0.4 is 9.80 Å². The average molecular weight is 534 g/mol. The van der Waals surface area contributed by atoms with E-state index in [1.807, 2.05) is 34.9 Å². The van der Waals surface area contributed by atoms with E-state index >= 15 is 0 Å². The minimum atomic E-state index is -0.573. The van der Waals surface area contributed by atoms with Crippen LogP contribution in [0.4, 0.5) is 21.5 Å². The first-order valence-electron chi connectivity index (χ1n) is 11.6. The summed E-state index contributed by atoms with van der Waals surface area (Å²) in [4.78, 5) is 32.3. The van der Waals surface area contributed by atoms with E-state index in [9.17, 15) is 19.3 Å². The van der Waals surface area contributed by atoms with Crippen LogP contribution in [0.1, 0.15) is 24.2 Å². The molecule has 1 amide bonds. The average Bonchev–Trinajstić information content (AvgIpc) is 2.83. The van der Waals surface area contributed by atoms with Gasteiger partial charge in [0.2, 0.25) is 0 Å². The second-order valence-electron chi connectivity index (χ2n) is 8.74. The van der Waals surface area contributed by atoms with Crippen molar-refractivity contribution in [3.05, 3.63) is 62.4 Å². The lowest BCUT2D eigenvalue weighted by Crippen LogP contribution is -2.54. The fourth-order valence-electron chi connectivity index (χ4n) is 4.75. The molecule has 4 rings (SSSR count). The summed E-state index contributed by atoms with van der Waals surface area (Å²) in [7, 11) is 0. The number of carbonyl (C=O) groups is 1. The van der Waals surface area contributed by atoms with Crippen molar-refractivity contribution < 1.29 is 14.1 Å². The third-order valence-electron chi connectivity index (χ3n) is 6.73. The third kappa shape index (κ3) is 4.88. The van der Waals surface area contributed by atoms with E-state index in [-0.39, 0.29) is 17.6 Å². The van der Waals surface area contributed by atoms with E-state index in [4.69, 9.17) is 0 Å². The maximum atomic E-state index is 15.0. The van der Waals surface area contributed by atoms with Crippen molar-refractivity contribution in [2.75, 3.05) is 62.2 Å². The van der Waals surface area contributed by atoms with Crippen LogP contribution in [-0.2, 0) is 0 Å². The van der Waals surface area contributed by atoms with E-state index in [1.165, 1.54) is 0 Å². The fraction of sp³-hybridized carbons (Fsp3) is 0.458. The normalized spacial score (nSPS) is 19.4. The molecule has 1 atom stereocenters. The third-order valence-corrected chi connectivity index (χ3v) is 7.43. The SMILES string of the molecule is CCN1CCN(c2cc(N3CCN(C(=O)c4ccccc4Br)C(C)C3)c([N+](=O)[O-])cc2F)CC1. The maximum Gasteiger partial charge on any atom is 0.295 e. The van der Waals surface area contributed by atoms with Gasteiger partial charge in [0.05, 0.1) is 22.2 Å². The molecule has 2 heterocycles. The summed E-state index contributed by atoms with van der Waals surface area (Å²) in [5, 5.41) is 11.8. The van der Waals surface area contributed by atoms with Crippen LogP contribution in [0.3, 0.4) is 0 Å². The first-order chi connectivity index (χ1) is 16.3. The Morgan fingerprint density at radius 2 is 1.76 bits per heavy atom. The Hall–Kier alpha value is -2.72. The number of halogens is 2. The molecule has 0 radical (unpaired) electrons. The van der Waals surface area contributed by atoms with Gasteiger partial charge in [0.15, 0.2) is 5.82 Å². The number of hydrogen-bond donors (Lipinski definition) is 0. The Kier molecular flexibility index (Phi) is 7.37. The van der Waals surface area contributed by atoms with Gasteiger partial charge in [-0.3, -0.25) is 14.9 Å². The number of nitro benzene ring substituents is 1. The van der Waals surface area contributed by atoms with Gasteiger partial charge in [0, 0.05) is 56.3 Å². The molecular formula is C24H29BrFN5O3. The quantitative estimate of drug-likeness (QED) is 0.427. The first kappa shape index (κ1) is 24.4. The molecule has 0 N–H and O–H groups in total. The number of hydrogen-bond acceptors (Lipinski definition) is 6. The lowest BCUT2D eigenvalue weighted by molar-refractivity contribution is -0.384. The molecule has 1 unspecified atom stereocenters. The number of nitro groups is 1. The molecule has 0 saturated carbocycles. The summed E-state index contributed by atoms with van der Waals surface area (Å²) in [6, 6.07) is 9.78. The molecule has 2 fully saturated rings. The van der Waals surface area contributed by atoms with Gasteiger partial charge >= 0.3 is 0 Å². The van der Waals surface area contributed by atoms with Crippen LogP contribution in [0.15, 0.2) is 40.9 Å². The molecule has 0 aliphatic carbocycles. The van der Waals surface area contributed by atoms with Crippen molar-refractivity contribution in [2.45, 2.75) is 19.9 Å². The monoisotopic (exact) mass is 533 g/mol. The number of nitrogens with zero attached hydrogens (tertiary/aromatic N) is 5. The van der Waals surface area contributed by atoms with Crippen molar-refractivity contribution in [1.82, 2.24) is 9.80 Å². The summed E-state index contributed by atoms with van der Waals surface area (Å²) in [6.07, 6.45) is 0. The standard InChI is InChI=1S/C24H29BrFN5O3/c1-3-27-8-10-28(11-9-27)21-15-22(23(31(33)34)14-20(21)26)29-12-13-30(17(2)16-29)24(32)18-6-4-5-7-19(18)25/h4-7,14-15,17H,3,8-13,16H2,1-2H3. The van der Waals surface area contributed by atoms with Crippen LogP contribution in [0.25, 0.3) is 0 Å². The minimum Gasteiger partial charge on any atom is -0.367 e. The van der Waals surface area contributed by atoms with E-state index in [0.29, 0.717) is 49.7 Å². The second-order valence-corrected chi connectivity index (χ2v) is 9.60. The molecule has 2 aromatic carbocycles. The van der Waals surface area contributed by atoms with Gasteiger partial charge in [-0.05, 0) is 47.6 Å². The van der Waals surface area contributed by atoms with Crippen molar-refractivity contribution in [3.63, 3.8) is 0 Å². The minimum absolute atomic E-state index is 0.0808. The predicted molar refractivity (Wildman–Crippen MR) is 134 cm³/mol. The molecule has 10 heteroatoms. The lowest BCUT2D eigenvalue weighted by atomic mass is 10.1. The molecule has 0 spiro atoms. The van der Waals surface area contributed by atoms with Crippen molar-refractivity contribution in [1.29, 1.82) is 0 Å².